The molecule has 0 saturated heterocycles. The molecule has 0 bridgehead atoms. The van der Waals surface area contributed by atoms with E-state index in [1.807, 2.05) is 12.1 Å². The number of nitrogens with zero attached hydrogens (tertiary/aromatic N) is 2. The highest BCUT2D eigenvalue weighted by molar-refractivity contribution is 9.10. The van der Waals surface area contributed by atoms with Gasteiger partial charge >= 0.3 is 0 Å². The van der Waals surface area contributed by atoms with Crippen LogP contribution >= 0.6 is 15.9 Å². The Bertz CT molecular complexity index is 462. The van der Waals surface area contributed by atoms with Gasteiger partial charge in [-0.1, -0.05) is 6.07 Å². The third-order valence-electron chi connectivity index (χ3n) is 2.23. The van der Waals surface area contributed by atoms with Crippen molar-refractivity contribution >= 4 is 21.6 Å². The fourth-order valence-electron chi connectivity index (χ4n) is 1.56. The van der Waals surface area contributed by atoms with Crippen molar-refractivity contribution in [1.82, 2.24) is 9.38 Å². The van der Waals surface area contributed by atoms with E-state index in [9.17, 15) is 0 Å². The van der Waals surface area contributed by atoms with E-state index in [0.717, 1.165) is 22.4 Å². The van der Waals surface area contributed by atoms with Crippen LogP contribution in [0.2, 0.25) is 0 Å². The summed E-state index contributed by atoms with van der Waals surface area (Å²) < 4.78 is 3.11. The third kappa shape index (κ3) is 1.44. The number of fused-ring (bicyclic) bond motifs is 1. The van der Waals surface area contributed by atoms with Gasteiger partial charge in [0.25, 0.3) is 0 Å². The zero-order valence-electron chi connectivity index (χ0n) is 8.00. The summed E-state index contributed by atoms with van der Waals surface area (Å²) in [7, 11) is 0. The second kappa shape index (κ2) is 3.71. The van der Waals surface area contributed by atoms with Crippen molar-refractivity contribution in [2.45, 2.75) is 13.3 Å². The van der Waals surface area contributed by atoms with Crippen molar-refractivity contribution in [2.75, 3.05) is 6.54 Å². The van der Waals surface area contributed by atoms with Gasteiger partial charge in [0.05, 0.1) is 5.69 Å². The van der Waals surface area contributed by atoms with Crippen LogP contribution in [0.25, 0.3) is 5.65 Å². The average molecular weight is 254 g/mol. The van der Waals surface area contributed by atoms with Gasteiger partial charge in [0.2, 0.25) is 0 Å². The van der Waals surface area contributed by atoms with E-state index < -0.39 is 0 Å². The lowest BCUT2D eigenvalue weighted by Crippen LogP contribution is -2.03. The summed E-state index contributed by atoms with van der Waals surface area (Å²) in [4.78, 5) is 4.50. The van der Waals surface area contributed by atoms with Crippen molar-refractivity contribution in [3.63, 3.8) is 0 Å². The van der Waals surface area contributed by atoms with Gasteiger partial charge in [-0.15, -0.1) is 0 Å². The quantitative estimate of drug-likeness (QED) is 0.889. The van der Waals surface area contributed by atoms with Gasteiger partial charge < -0.3 is 5.73 Å². The molecule has 2 aromatic heterocycles. The Morgan fingerprint density at radius 2 is 2.29 bits per heavy atom. The van der Waals surface area contributed by atoms with Crippen molar-refractivity contribution in [3.05, 3.63) is 34.2 Å². The molecule has 2 N–H and O–H groups in total. The second-order valence-corrected chi connectivity index (χ2v) is 4.00. The summed E-state index contributed by atoms with van der Waals surface area (Å²) in [5.41, 5.74) is 8.69. The highest BCUT2D eigenvalue weighted by Gasteiger charge is 2.09. The van der Waals surface area contributed by atoms with Crippen molar-refractivity contribution < 1.29 is 0 Å². The van der Waals surface area contributed by atoms with E-state index in [1.165, 1.54) is 5.69 Å². The van der Waals surface area contributed by atoms with Crippen LogP contribution in [-0.2, 0) is 6.42 Å². The van der Waals surface area contributed by atoms with E-state index in [2.05, 4.69) is 38.3 Å². The first kappa shape index (κ1) is 9.68. The topological polar surface area (TPSA) is 43.3 Å². The Labute approximate surface area is 91.1 Å². The van der Waals surface area contributed by atoms with Gasteiger partial charge in [0.1, 0.15) is 10.3 Å². The molecule has 0 fully saturated rings. The van der Waals surface area contributed by atoms with Crippen molar-refractivity contribution in [1.29, 1.82) is 0 Å². The maximum absolute atomic E-state index is 5.52. The molecule has 0 unspecified atom stereocenters. The Kier molecular flexibility index (Phi) is 2.56. The summed E-state index contributed by atoms with van der Waals surface area (Å²) in [6.07, 6.45) is 0.807. The van der Waals surface area contributed by atoms with E-state index >= 15 is 0 Å². The summed E-state index contributed by atoms with van der Waals surface area (Å²) >= 11 is 3.55. The maximum Gasteiger partial charge on any atom is 0.138 e. The van der Waals surface area contributed by atoms with E-state index in [4.69, 9.17) is 5.73 Å². The average Bonchev–Trinajstić information content (AvgIpc) is 2.46. The molecule has 0 aliphatic rings. The van der Waals surface area contributed by atoms with Gasteiger partial charge in [-0.05, 0) is 41.5 Å². The number of halogens is 1. The lowest BCUT2D eigenvalue weighted by Gasteiger charge is -1.99. The number of imidazole rings is 1. The maximum atomic E-state index is 5.52. The first-order valence-corrected chi connectivity index (χ1v) is 5.36. The summed E-state index contributed by atoms with van der Waals surface area (Å²) in [6.45, 7) is 2.69. The lowest BCUT2D eigenvalue weighted by atomic mass is 10.3. The number of hydrogen-bond donors (Lipinski definition) is 1. The molecule has 14 heavy (non-hydrogen) atoms. The number of aryl methyl sites for hydroxylation is 1. The summed E-state index contributed by atoms with van der Waals surface area (Å²) in [6, 6.07) is 6.07. The first-order valence-electron chi connectivity index (χ1n) is 4.56. The predicted octanol–water partition coefficient (Wildman–Crippen LogP) is 1.91. The molecule has 2 aromatic rings. The SMILES string of the molecule is Cc1cccc2nc(CCN)c(Br)n12. The standard InChI is InChI=1S/C10H12BrN3/c1-7-3-2-4-9-13-8(5-6-12)10(11)14(7)9/h2-4H,5-6,12H2,1H3. The molecule has 74 valence electrons. The minimum absolute atomic E-state index is 0.627. The molecule has 2 heterocycles. The number of aromatic nitrogens is 2. The van der Waals surface area contributed by atoms with Crippen molar-refractivity contribution in [2.24, 2.45) is 5.73 Å². The molecule has 0 aliphatic heterocycles. The van der Waals surface area contributed by atoms with E-state index in [1.54, 1.807) is 0 Å². The van der Waals surface area contributed by atoms with Gasteiger partial charge in [0, 0.05) is 12.1 Å². The number of nitrogens with two attached hydrogens (primary N) is 1. The molecule has 0 saturated carbocycles. The largest absolute Gasteiger partial charge is 0.330 e. The molecule has 3 nitrogen and oxygen atoms in total. The highest BCUT2D eigenvalue weighted by atomic mass is 79.9. The smallest absolute Gasteiger partial charge is 0.138 e. The van der Waals surface area contributed by atoms with Crippen LogP contribution < -0.4 is 5.73 Å². The first-order chi connectivity index (χ1) is 6.74. The molecule has 0 spiro atoms. The normalized spacial score (nSPS) is 11.1. The zero-order chi connectivity index (χ0) is 10.1. The lowest BCUT2D eigenvalue weighted by molar-refractivity contribution is 0.926. The summed E-state index contributed by atoms with van der Waals surface area (Å²) in [5, 5.41) is 0. The minimum Gasteiger partial charge on any atom is -0.330 e. The van der Waals surface area contributed by atoms with Crippen LogP contribution in [0.4, 0.5) is 0 Å². The Hall–Kier alpha value is -0.870. The van der Waals surface area contributed by atoms with Crippen LogP contribution in [0.5, 0.6) is 0 Å². The Morgan fingerprint density at radius 1 is 1.50 bits per heavy atom. The zero-order valence-corrected chi connectivity index (χ0v) is 9.58. The van der Waals surface area contributed by atoms with Gasteiger partial charge in [0.15, 0.2) is 0 Å². The monoisotopic (exact) mass is 253 g/mol. The third-order valence-corrected chi connectivity index (χ3v) is 3.04. The number of hydrogen-bond acceptors (Lipinski definition) is 2. The Balaban J connectivity index is 2.68. The summed E-state index contributed by atoms with van der Waals surface area (Å²) in [5.74, 6) is 0. The van der Waals surface area contributed by atoms with Crippen LogP contribution in [0, 0.1) is 6.92 Å². The van der Waals surface area contributed by atoms with Crippen LogP contribution in [-0.4, -0.2) is 15.9 Å². The molecule has 0 aliphatic carbocycles. The molecule has 0 atom stereocenters. The highest BCUT2D eigenvalue weighted by Crippen LogP contribution is 2.20. The fourth-order valence-corrected chi connectivity index (χ4v) is 2.30. The molecular formula is C10H12BrN3. The van der Waals surface area contributed by atoms with E-state index in [0.29, 0.717) is 6.54 Å². The number of pyridine rings is 1. The molecule has 0 amide bonds. The predicted molar refractivity (Wildman–Crippen MR) is 60.4 cm³/mol. The van der Waals surface area contributed by atoms with Crippen LogP contribution in [0.3, 0.4) is 0 Å². The fraction of sp³-hybridized carbons (Fsp3) is 0.300. The minimum atomic E-state index is 0.627. The Morgan fingerprint density at radius 3 is 2.93 bits per heavy atom. The molecular weight excluding hydrogens is 242 g/mol. The molecule has 2 rings (SSSR count). The van der Waals surface area contributed by atoms with Gasteiger partial charge in [-0.25, -0.2) is 4.98 Å². The van der Waals surface area contributed by atoms with E-state index in [-0.39, 0.29) is 0 Å². The second-order valence-electron chi connectivity index (χ2n) is 3.25. The van der Waals surface area contributed by atoms with Crippen molar-refractivity contribution in [3.8, 4) is 0 Å². The van der Waals surface area contributed by atoms with Crippen LogP contribution in [0.1, 0.15) is 11.4 Å². The number of rotatable bonds is 2. The van der Waals surface area contributed by atoms with Crippen LogP contribution in [0.15, 0.2) is 22.8 Å². The molecule has 4 heteroatoms. The molecule has 0 aromatic carbocycles. The van der Waals surface area contributed by atoms with Gasteiger partial charge in [-0.3, -0.25) is 4.40 Å². The van der Waals surface area contributed by atoms with Gasteiger partial charge in [-0.2, -0.15) is 0 Å². The molecule has 0 radical (unpaired) electrons.